The molecule has 0 N–H and O–H groups in total. The average molecular weight is 331 g/mol. The minimum atomic E-state index is 0.317. The molecule has 0 unspecified atom stereocenters. The molecule has 7 heteroatoms. The zero-order valence-electron chi connectivity index (χ0n) is 12.7. The second-order valence-corrected chi connectivity index (χ2v) is 5.48. The van der Waals surface area contributed by atoms with Crippen LogP contribution in [0.4, 0.5) is 5.82 Å². The summed E-state index contributed by atoms with van der Waals surface area (Å²) in [6.45, 7) is 0.649. The van der Waals surface area contributed by atoms with Crippen molar-refractivity contribution >= 4 is 29.4 Å². The predicted molar refractivity (Wildman–Crippen MR) is 88.5 cm³/mol. The number of hydrogen-bond acceptors (Lipinski definition) is 5. The first-order valence-electron chi connectivity index (χ1n) is 6.96. The van der Waals surface area contributed by atoms with E-state index in [0.717, 1.165) is 23.4 Å². The Morgan fingerprint density at radius 2 is 2.09 bits per heavy atom. The molecule has 0 fully saturated rings. The van der Waals surface area contributed by atoms with Gasteiger partial charge in [0.2, 0.25) is 0 Å². The topological polar surface area (TPSA) is 59.7 Å². The van der Waals surface area contributed by atoms with E-state index in [-0.39, 0.29) is 0 Å². The summed E-state index contributed by atoms with van der Waals surface area (Å²) in [5.74, 6) is 1.57. The molecule has 118 valence electrons. The highest BCUT2D eigenvalue weighted by molar-refractivity contribution is 6.29. The van der Waals surface area contributed by atoms with Crippen molar-refractivity contribution in [3.63, 3.8) is 0 Å². The average Bonchev–Trinajstić information content (AvgIpc) is 2.97. The van der Waals surface area contributed by atoms with E-state index < -0.39 is 0 Å². The summed E-state index contributed by atoms with van der Waals surface area (Å²) in [6.07, 6.45) is 2.20. The third kappa shape index (κ3) is 2.98. The van der Waals surface area contributed by atoms with E-state index in [4.69, 9.17) is 16.3 Å². The Bertz CT molecular complexity index is 845. The van der Waals surface area contributed by atoms with Crippen molar-refractivity contribution in [2.75, 3.05) is 19.1 Å². The number of benzene rings is 1. The van der Waals surface area contributed by atoms with Gasteiger partial charge in [0.15, 0.2) is 11.9 Å². The van der Waals surface area contributed by atoms with E-state index in [1.807, 2.05) is 36.2 Å². The Labute approximate surface area is 138 Å². The van der Waals surface area contributed by atoms with E-state index in [9.17, 15) is 4.79 Å². The van der Waals surface area contributed by atoms with Crippen LogP contribution in [0.5, 0.6) is 5.75 Å². The van der Waals surface area contributed by atoms with Gasteiger partial charge >= 0.3 is 0 Å². The molecule has 2 heterocycles. The van der Waals surface area contributed by atoms with Crippen molar-refractivity contribution in [2.45, 2.75) is 6.54 Å². The van der Waals surface area contributed by atoms with Crippen LogP contribution in [-0.2, 0) is 6.54 Å². The maximum Gasteiger partial charge on any atom is 0.169 e. The number of nitrogens with zero attached hydrogens (tertiary/aromatic N) is 4. The summed E-state index contributed by atoms with van der Waals surface area (Å²) < 4.78 is 6.77. The van der Waals surface area contributed by atoms with Gasteiger partial charge in [-0.3, -0.25) is 4.79 Å². The Balaban J connectivity index is 1.94. The van der Waals surface area contributed by atoms with Crippen LogP contribution in [0.15, 0.2) is 36.5 Å². The van der Waals surface area contributed by atoms with E-state index >= 15 is 0 Å². The van der Waals surface area contributed by atoms with E-state index in [2.05, 4.69) is 10.1 Å². The molecule has 2 aromatic heterocycles. The number of rotatable bonds is 5. The molecule has 0 bridgehead atoms. The predicted octanol–water partition coefficient (Wildman–Crippen LogP) is 2.84. The van der Waals surface area contributed by atoms with Crippen LogP contribution in [-0.4, -0.2) is 35.0 Å². The van der Waals surface area contributed by atoms with Crippen LogP contribution < -0.4 is 9.64 Å². The Morgan fingerprint density at radius 3 is 2.74 bits per heavy atom. The molecule has 0 spiro atoms. The summed E-state index contributed by atoms with van der Waals surface area (Å²) in [7, 11) is 3.57. The van der Waals surface area contributed by atoms with Gasteiger partial charge in [-0.2, -0.15) is 9.61 Å². The van der Waals surface area contributed by atoms with Crippen LogP contribution in [0.2, 0.25) is 5.15 Å². The van der Waals surface area contributed by atoms with Crippen LogP contribution in [0.25, 0.3) is 5.65 Å². The summed E-state index contributed by atoms with van der Waals surface area (Å²) >= 11 is 6.08. The highest BCUT2D eigenvalue weighted by atomic mass is 35.5. The summed E-state index contributed by atoms with van der Waals surface area (Å²) in [5, 5.41) is 4.54. The molecule has 3 rings (SSSR count). The quantitative estimate of drug-likeness (QED) is 0.532. The number of anilines is 1. The molecule has 0 aliphatic heterocycles. The standard InChI is InChI=1S/C16H15ClN4O2/c1-20(9-11-3-5-13(23-2)6-4-11)15-7-14(17)19-16-12(10-22)8-18-21(15)16/h3-8,10H,9H2,1-2H3. The van der Waals surface area contributed by atoms with Gasteiger partial charge < -0.3 is 9.64 Å². The maximum atomic E-state index is 11.1. The van der Waals surface area contributed by atoms with Crippen LogP contribution in [0, 0.1) is 0 Å². The number of halogens is 1. The fourth-order valence-electron chi connectivity index (χ4n) is 2.38. The first kappa shape index (κ1) is 15.3. The number of carbonyl (C=O) groups is 1. The SMILES string of the molecule is COc1ccc(CN(C)c2cc(Cl)nc3c(C=O)cnn23)cc1. The number of aromatic nitrogens is 3. The molecule has 0 saturated carbocycles. The van der Waals surface area contributed by atoms with Gasteiger partial charge in [0.1, 0.15) is 16.7 Å². The summed E-state index contributed by atoms with van der Waals surface area (Å²) in [5.41, 5.74) is 1.97. The van der Waals surface area contributed by atoms with Gasteiger partial charge in [-0.15, -0.1) is 0 Å². The maximum absolute atomic E-state index is 11.1. The number of methoxy groups -OCH3 is 1. The van der Waals surface area contributed by atoms with Crippen LogP contribution in [0.3, 0.4) is 0 Å². The lowest BCUT2D eigenvalue weighted by Crippen LogP contribution is -2.20. The largest absolute Gasteiger partial charge is 0.497 e. The van der Waals surface area contributed by atoms with Gasteiger partial charge in [0.25, 0.3) is 0 Å². The molecule has 23 heavy (non-hydrogen) atoms. The number of aldehydes is 1. The minimum Gasteiger partial charge on any atom is -0.497 e. The zero-order chi connectivity index (χ0) is 16.4. The lowest BCUT2D eigenvalue weighted by atomic mass is 10.2. The second kappa shape index (κ2) is 6.26. The fourth-order valence-corrected chi connectivity index (χ4v) is 2.55. The molecule has 0 aliphatic carbocycles. The summed E-state index contributed by atoms with van der Waals surface area (Å²) in [6, 6.07) is 9.54. The van der Waals surface area contributed by atoms with Crippen LogP contribution >= 0.6 is 11.6 Å². The molecule has 0 aliphatic rings. The highest BCUT2D eigenvalue weighted by Crippen LogP contribution is 2.22. The lowest BCUT2D eigenvalue weighted by Gasteiger charge is -2.20. The molecule has 0 saturated heterocycles. The smallest absolute Gasteiger partial charge is 0.169 e. The van der Waals surface area contributed by atoms with Crippen molar-refractivity contribution in [1.29, 1.82) is 0 Å². The van der Waals surface area contributed by atoms with E-state index in [1.54, 1.807) is 17.7 Å². The van der Waals surface area contributed by atoms with Gasteiger partial charge in [-0.1, -0.05) is 23.7 Å². The molecular formula is C16H15ClN4O2. The molecule has 3 aromatic rings. The molecule has 0 amide bonds. The number of fused-ring (bicyclic) bond motifs is 1. The minimum absolute atomic E-state index is 0.317. The third-order valence-electron chi connectivity index (χ3n) is 3.55. The first-order chi connectivity index (χ1) is 11.1. The second-order valence-electron chi connectivity index (χ2n) is 5.09. The zero-order valence-corrected chi connectivity index (χ0v) is 13.5. The molecule has 0 atom stereocenters. The van der Waals surface area contributed by atoms with Gasteiger partial charge in [-0.05, 0) is 17.7 Å². The van der Waals surface area contributed by atoms with Gasteiger partial charge in [0.05, 0.1) is 18.9 Å². The lowest BCUT2D eigenvalue weighted by molar-refractivity contribution is 0.112. The first-order valence-corrected chi connectivity index (χ1v) is 7.33. The Hall–Kier alpha value is -2.60. The van der Waals surface area contributed by atoms with E-state index in [0.29, 0.717) is 22.9 Å². The van der Waals surface area contributed by atoms with Gasteiger partial charge in [-0.25, -0.2) is 4.98 Å². The molecule has 0 radical (unpaired) electrons. The number of carbonyl (C=O) groups excluding carboxylic acids is 1. The van der Waals surface area contributed by atoms with Crippen LogP contribution in [0.1, 0.15) is 15.9 Å². The normalized spacial score (nSPS) is 10.7. The van der Waals surface area contributed by atoms with Gasteiger partial charge in [0, 0.05) is 19.7 Å². The Morgan fingerprint density at radius 1 is 1.35 bits per heavy atom. The monoisotopic (exact) mass is 330 g/mol. The van der Waals surface area contributed by atoms with Crippen molar-refractivity contribution in [1.82, 2.24) is 14.6 Å². The van der Waals surface area contributed by atoms with E-state index in [1.165, 1.54) is 6.20 Å². The van der Waals surface area contributed by atoms with Crippen molar-refractivity contribution in [3.8, 4) is 5.75 Å². The molecular weight excluding hydrogens is 316 g/mol. The third-order valence-corrected chi connectivity index (χ3v) is 3.74. The fraction of sp³-hybridized carbons (Fsp3) is 0.188. The van der Waals surface area contributed by atoms with Crippen molar-refractivity contribution < 1.29 is 9.53 Å². The Kier molecular flexibility index (Phi) is 4.16. The molecule has 1 aromatic carbocycles. The highest BCUT2D eigenvalue weighted by Gasteiger charge is 2.13. The van der Waals surface area contributed by atoms with Crippen molar-refractivity contribution in [3.05, 3.63) is 52.8 Å². The summed E-state index contributed by atoms with van der Waals surface area (Å²) in [4.78, 5) is 17.2. The van der Waals surface area contributed by atoms with Crippen molar-refractivity contribution in [2.24, 2.45) is 0 Å². The number of ether oxygens (including phenoxy) is 1. The molecule has 6 nitrogen and oxygen atoms in total. The number of hydrogen-bond donors (Lipinski definition) is 0.